The molecule has 0 saturated carbocycles. The SMILES string of the molecule is CCCCOc1ccc(C2/C(=C(\O)c3ccc4c(c3)OCCO4)C(=O)C(=O)N2c2nnc(SCc3ccccc3Cl)s2)cc1OC. The Hall–Kier alpha value is -4.26. The standard InChI is InChI=1S/C33H30ClN3O7S2/c1-3-4-13-42-23-11-9-19(16-25(23)41-2)28-27(29(38)20-10-12-24-26(17-20)44-15-14-43-24)30(39)31(40)37(28)32-35-36-33(46-32)45-18-21-7-5-6-8-22(21)34/h5-12,16-17,28,38H,3-4,13-15,18H2,1-2H3/b29-27+. The predicted octanol–water partition coefficient (Wildman–Crippen LogP) is 7.07. The van der Waals surface area contributed by atoms with E-state index in [9.17, 15) is 14.7 Å². The van der Waals surface area contributed by atoms with Crippen molar-refractivity contribution in [3.8, 4) is 23.0 Å². The van der Waals surface area contributed by atoms with Gasteiger partial charge in [-0.2, -0.15) is 0 Å². The highest BCUT2D eigenvalue weighted by atomic mass is 35.5. The van der Waals surface area contributed by atoms with E-state index in [1.807, 2.05) is 24.3 Å². The van der Waals surface area contributed by atoms with Gasteiger partial charge >= 0.3 is 5.91 Å². The summed E-state index contributed by atoms with van der Waals surface area (Å²) in [4.78, 5) is 28.8. The van der Waals surface area contributed by atoms with Crippen molar-refractivity contribution in [2.24, 2.45) is 0 Å². The van der Waals surface area contributed by atoms with Gasteiger partial charge in [0.25, 0.3) is 5.78 Å². The van der Waals surface area contributed by atoms with Crippen LogP contribution in [-0.4, -0.2) is 53.9 Å². The number of halogens is 1. The van der Waals surface area contributed by atoms with Crippen molar-refractivity contribution in [2.75, 3.05) is 31.8 Å². The molecular formula is C33H30ClN3O7S2. The van der Waals surface area contributed by atoms with Crippen molar-refractivity contribution in [1.82, 2.24) is 10.2 Å². The summed E-state index contributed by atoms with van der Waals surface area (Å²) in [5.41, 5.74) is 1.63. The Labute approximate surface area is 278 Å². The first kappa shape index (κ1) is 31.7. The first-order valence-electron chi connectivity index (χ1n) is 14.6. The van der Waals surface area contributed by atoms with E-state index in [2.05, 4.69) is 17.1 Å². The van der Waals surface area contributed by atoms with Gasteiger partial charge in [0.1, 0.15) is 19.0 Å². The summed E-state index contributed by atoms with van der Waals surface area (Å²) in [6.45, 7) is 3.34. The molecule has 0 radical (unpaired) electrons. The molecule has 1 atom stereocenters. The molecule has 6 rings (SSSR count). The Bertz CT molecular complexity index is 1810. The van der Waals surface area contributed by atoms with E-state index in [-0.39, 0.29) is 16.5 Å². The van der Waals surface area contributed by atoms with Gasteiger partial charge in [0, 0.05) is 16.3 Å². The van der Waals surface area contributed by atoms with Crippen LogP contribution in [0.25, 0.3) is 5.76 Å². The van der Waals surface area contributed by atoms with E-state index in [1.54, 1.807) is 36.4 Å². The van der Waals surface area contributed by atoms with Gasteiger partial charge in [-0.25, -0.2) is 0 Å². The normalized spacial score (nSPS) is 16.9. The lowest BCUT2D eigenvalue weighted by atomic mass is 9.95. The zero-order chi connectivity index (χ0) is 32.2. The van der Waals surface area contributed by atoms with E-state index in [1.165, 1.54) is 35.1 Å². The Morgan fingerprint density at radius 3 is 2.65 bits per heavy atom. The quantitative estimate of drug-likeness (QED) is 0.0440. The number of nitrogens with zero attached hydrogens (tertiary/aromatic N) is 3. The van der Waals surface area contributed by atoms with Crippen LogP contribution in [0.4, 0.5) is 5.13 Å². The summed E-state index contributed by atoms with van der Waals surface area (Å²) in [7, 11) is 1.52. The Morgan fingerprint density at radius 1 is 1.07 bits per heavy atom. The van der Waals surface area contributed by atoms with Gasteiger partial charge < -0.3 is 24.1 Å². The number of methoxy groups -OCH3 is 1. The summed E-state index contributed by atoms with van der Waals surface area (Å²) in [6.07, 6.45) is 1.84. The van der Waals surface area contributed by atoms with Gasteiger partial charge in [0.15, 0.2) is 27.3 Å². The lowest BCUT2D eigenvalue weighted by molar-refractivity contribution is -0.132. The smallest absolute Gasteiger partial charge is 0.301 e. The number of rotatable bonds is 11. The Kier molecular flexibility index (Phi) is 9.67. The second-order valence-electron chi connectivity index (χ2n) is 10.4. The molecule has 1 fully saturated rings. The number of aliphatic hydroxyl groups is 1. The third-order valence-electron chi connectivity index (χ3n) is 7.43. The van der Waals surface area contributed by atoms with E-state index in [0.29, 0.717) is 69.1 Å². The summed E-state index contributed by atoms with van der Waals surface area (Å²) in [5, 5.41) is 21.1. The zero-order valence-corrected chi connectivity index (χ0v) is 27.4. The summed E-state index contributed by atoms with van der Waals surface area (Å²) in [5.74, 6) is 0.384. The Morgan fingerprint density at radius 2 is 1.87 bits per heavy atom. The predicted molar refractivity (Wildman–Crippen MR) is 177 cm³/mol. The molecular weight excluding hydrogens is 650 g/mol. The maximum atomic E-state index is 13.7. The Balaban J connectivity index is 1.41. The highest BCUT2D eigenvalue weighted by Crippen LogP contribution is 2.46. The maximum Gasteiger partial charge on any atom is 0.301 e. The monoisotopic (exact) mass is 679 g/mol. The molecule has 2 aliphatic rings. The van der Waals surface area contributed by atoms with Gasteiger partial charge in [-0.3, -0.25) is 14.5 Å². The van der Waals surface area contributed by atoms with Crippen molar-refractivity contribution >= 4 is 57.3 Å². The van der Waals surface area contributed by atoms with Crippen LogP contribution in [0.5, 0.6) is 23.0 Å². The number of aliphatic hydroxyl groups excluding tert-OH is 1. The lowest BCUT2D eigenvalue weighted by Crippen LogP contribution is -2.29. The molecule has 2 aliphatic heterocycles. The van der Waals surface area contributed by atoms with Crippen LogP contribution in [0.15, 0.2) is 70.6 Å². The molecule has 1 aromatic heterocycles. The third-order valence-corrected chi connectivity index (χ3v) is 9.90. The molecule has 0 aliphatic carbocycles. The average molecular weight is 680 g/mol. The number of hydrogen-bond donors (Lipinski definition) is 1. The van der Waals surface area contributed by atoms with Crippen LogP contribution in [0, 0.1) is 0 Å². The number of carbonyl (C=O) groups is 2. The van der Waals surface area contributed by atoms with E-state index in [0.717, 1.165) is 18.4 Å². The molecule has 0 bridgehead atoms. The fraction of sp³-hybridized carbons (Fsp3) is 0.273. The van der Waals surface area contributed by atoms with Gasteiger partial charge in [0.05, 0.1) is 25.3 Å². The van der Waals surface area contributed by atoms with Crippen LogP contribution in [0.1, 0.15) is 42.5 Å². The number of ether oxygens (including phenoxy) is 4. The van der Waals surface area contributed by atoms with E-state index < -0.39 is 17.7 Å². The van der Waals surface area contributed by atoms with Gasteiger partial charge in [0.2, 0.25) is 5.13 Å². The number of thioether (sulfide) groups is 1. The van der Waals surface area contributed by atoms with Crippen LogP contribution in [-0.2, 0) is 15.3 Å². The summed E-state index contributed by atoms with van der Waals surface area (Å²) in [6, 6.07) is 16.5. The lowest BCUT2D eigenvalue weighted by Gasteiger charge is -2.24. The van der Waals surface area contributed by atoms with Crippen molar-refractivity contribution in [3.63, 3.8) is 0 Å². The number of aromatic nitrogens is 2. The van der Waals surface area contributed by atoms with Gasteiger partial charge in [-0.1, -0.05) is 72.3 Å². The van der Waals surface area contributed by atoms with Crippen molar-refractivity contribution < 1.29 is 33.6 Å². The second kappa shape index (κ2) is 14.0. The number of hydrogen-bond acceptors (Lipinski definition) is 11. The minimum Gasteiger partial charge on any atom is -0.507 e. The number of carbonyl (C=O) groups excluding carboxylic acids is 2. The number of Topliss-reactive ketones (excluding diaryl/α,β-unsaturated/α-hetero) is 1. The van der Waals surface area contributed by atoms with Gasteiger partial charge in [-0.15, -0.1) is 10.2 Å². The number of anilines is 1. The third kappa shape index (κ3) is 6.37. The van der Waals surface area contributed by atoms with Crippen LogP contribution >= 0.6 is 34.7 Å². The molecule has 46 heavy (non-hydrogen) atoms. The molecule has 238 valence electrons. The number of fused-ring (bicyclic) bond motifs is 1. The molecule has 1 unspecified atom stereocenters. The number of unbranched alkanes of at least 4 members (excludes halogenated alkanes) is 1. The zero-order valence-electron chi connectivity index (χ0n) is 25.0. The minimum absolute atomic E-state index is 0.108. The molecule has 13 heteroatoms. The van der Waals surface area contributed by atoms with Gasteiger partial charge in [-0.05, 0) is 53.9 Å². The molecule has 1 saturated heterocycles. The molecule has 3 aromatic carbocycles. The molecule has 1 N–H and O–H groups in total. The minimum atomic E-state index is -1.04. The summed E-state index contributed by atoms with van der Waals surface area (Å²) < 4.78 is 23.5. The van der Waals surface area contributed by atoms with Crippen LogP contribution in [0.3, 0.4) is 0 Å². The molecule has 1 amide bonds. The first-order valence-corrected chi connectivity index (χ1v) is 16.8. The number of benzene rings is 3. The molecule has 3 heterocycles. The topological polar surface area (TPSA) is 120 Å². The van der Waals surface area contributed by atoms with Crippen molar-refractivity contribution in [1.29, 1.82) is 0 Å². The summed E-state index contributed by atoms with van der Waals surface area (Å²) >= 11 is 8.91. The highest BCUT2D eigenvalue weighted by molar-refractivity contribution is 8.00. The van der Waals surface area contributed by atoms with Crippen LogP contribution < -0.4 is 23.8 Å². The van der Waals surface area contributed by atoms with E-state index >= 15 is 0 Å². The fourth-order valence-electron chi connectivity index (χ4n) is 5.10. The molecule has 0 spiro atoms. The maximum absolute atomic E-state index is 13.7. The second-order valence-corrected chi connectivity index (χ2v) is 13.0. The molecule has 4 aromatic rings. The highest BCUT2D eigenvalue weighted by Gasteiger charge is 2.48. The first-order chi connectivity index (χ1) is 22.4. The molecule has 10 nitrogen and oxygen atoms in total. The van der Waals surface area contributed by atoms with Crippen molar-refractivity contribution in [2.45, 2.75) is 35.9 Å². The number of ketones is 1. The van der Waals surface area contributed by atoms with Crippen molar-refractivity contribution in [3.05, 3.63) is 87.9 Å². The van der Waals surface area contributed by atoms with Crippen LogP contribution in [0.2, 0.25) is 5.02 Å². The average Bonchev–Trinajstić information content (AvgIpc) is 3.65. The van der Waals surface area contributed by atoms with E-state index in [4.69, 9.17) is 30.5 Å². The number of amides is 1. The largest absolute Gasteiger partial charge is 0.507 e. The fourth-order valence-corrected chi connectivity index (χ4v) is 7.26.